The molecule has 1 aliphatic carbocycles. The number of hydrogen-bond acceptors (Lipinski definition) is 5. The van der Waals surface area contributed by atoms with E-state index in [1.54, 1.807) is 0 Å². The molecule has 0 spiro atoms. The minimum absolute atomic E-state index is 0.0788. The van der Waals surface area contributed by atoms with Crippen LogP contribution in [0.4, 0.5) is 27.6 Å². The van der Waals surface area contributed by atoms with Gasteiger partial charge in [-0.2, -0.15) is 18.4 Å². The molecule has 2 aromatic carbocycles. The molecule has 1 fully saturated rings. The van der Waals surface area contributed by atoms with E-state index in [0.717, 1.165) is 29.2 Å². The van der Waals surface area contributed by atoms with Crippen LogP contribution in [0.5, 0.6) is 0 Å². The van der Waals surface area contributed by atoms with Crippen LogP contribution in [0.1, 0.15) is 24.1 Å². The van der Waals surface area contributed by atoms with Crippen LogP contribution >= 0.6 is 0 Å². The van der Waals surface area contributed by atoms with Gasteiger partial charge in [-0.3, -0.25) is 4.79 Å². The standard InChI is InChI=1S/C21H14F5N7O/c22-14-3-1-11(7-15(14)23)20(5-6-20)19(34)28-12-2-4-16(13(8-12)18-29-31-32-30-18)33-9-17(27-10-33)21(24,25)26/h1-4,7-10H,5-6H2,(H,28,34)(H,29,30,31,32). The highest BCUT2D eigenvalue weighted by molar-refractivity contribution is 6.01. The van der Waals surface area contributed by atoms with Crippen LogP contribution in [0, 0.1) is 11.6 Å². The van der Waals surface area contributed by atoms with Gasteiger partial charge in [0.15, 0.2) is 17.3 Å². The number of alkyl halides is 3. The normalized spacial score (nSPS) is 14.7. The van der Waals surface area contributed by atoms with Gasteiger partial charge >= 0.3 is 6.18 Å². The molecule has 2 N–H and O–H groups in total. The third-order valence-electron chi connectivity index (χ3n) is 5.65. The summed E-state index contributed by atoms with van der Waals surface area (Å²) in [6, 6.07) is 7.79. The summed E-state index contributed by atoms with van der Waals surface area (Å²) in [5, 5.41) is 16.3. The largest absolute Gasteiger partial charge is 0.434 e. The number of carbonyl (C=O) groups excluding carboxylic acids is 1. The molecule has 0 unspecified atom stereocenters. The number of hydrogen-bond donors (Lipinski definition) is 2. The van der Waals surface area contributed by atoms with Crippen LogP contribution in [0.3, 0.4) is 0 Å². The molecule has 0 atom stereocenters. The first-order valence-corrected chi connectivity index (χ1v) is 9.94. The monoisotopic (exact) mass is 475 g/mol. The second-order valence-corrected chi connectivity index (χ2v) is 7.80. The Morgan fingerprint density at radius 1 is 1.09 bits per heavy atom. The first-order valence-electron chi connectivity index (χ1n) is 9.94. The first-order chi connectivity index (χ1) is 16.2. The third kappa shape index (κ3) is 3.78. The topological polar surface area (TPSA) is 101 Å². The van der Waals surface area contributed by atoms with Gasteiger partial charge in [0.05, 0.1) is 17.4 Å². The van der Waals surface area contributed by atoms with Gasteiger partial charge in [0.2, 0.25) is 11.7 Å². The van der Waals surface area contributed by atoms with Crippen molar-refractivity contribution in [2.24, 2.45) is 0 Å². The number of tetrazole rings is 1. The Morgan fingerprint density at radius 2 is 1.88 bits per heavy atom. The Hall–Kier alpha value is -4.16. The lowest BCUT2D eigenvalue weighted by atomic mass is 9.94. The van der Waals surface area contributed by atoms with E-state index >= 15 is 0 Å². The number of H-pyrrole nitrogens is 1. The number of amides is 1. The van der Waals surface area contributed by atoms with Crippen molar-refractivity contribution in [3.8, 4) is 17.1 Å². The molecule has 4 aromatic rings. The molecule has 2 aromatic heterocycles. The lowest BCUT2D eigenvalue weighted by Crippen LogP contribution is -2.28. The van der Waals surface area contributed by atoms with Crippen LogP contribution in [0.25, 0.3) is 17.1 Å². The van der Waals surface area contributed by atoms with Crippen molar-refractivity contribution in [2.45, 2.75) is 24.4 Å². The zero-order chi connectivity index (χ0) is 24.1. The van der Waals surface area contributed by atoms with Gasteiger partial charge < -0.3 is 9.88 Å². The number of halogens is 5. The fourth-order valence-corrected chi connectivity index (χ4v) is 3.71. The zero-order valence-electron chi connectivity index (χ0n) is 17.1. The SMILES string of the molecule is O=C(Nc1ccc(-n2cnc(C(F)(F)F)c2)c(-c2nn[nH]n2)c1)C1(c2ccc(F)c(F)c2)CC1. The van der Waals surface area contributed by atoms with Gasteiger partial charge in [-0.1, -0.05) is 6.07 Å². The van der Waals surface area contributed by atoms with Crippen molar-refractivity contribution >= 4 is 11.6 Å². The maximum atomic E-state index is 13.7. The number of nitrogens with one attached hydrogen (secondary N) is 2. The lowest BCUT2D eigenvalue weighted by Gasteiger charge is -2.17. The Morgan fingerprint density at radius 3 is 2.50 bits per heavy atom. The van der Waals surface area contributed by atoms with E-state index in [1.807, 2.05) is 0 Å². The predicted molar refractivity (Wildman–Crippen MR) is 108 cm³/mol. The second-order valence-electron chi connectivity index (χ2n) is 7.80. The molecule has 1 saturated carbocycles. The molecule has 174 valence electrons. The van der Waals surface area contributed by atoms with Crippen molar-refractivity contribution in [1.29, 1.82) is 0 Å². The van der Waals surface area contributed by atoms with Crippen molar-refractivity contribution in [2.75, 3.05) is 5.32 Å². The molecule has 34 heavy (non-hydrogen) atoms. The van der Waals surface area contributed by atoms with Gasteiger partial charge in [-0.15, -0.1) is 10.2 Å². The highest BCUT2D eigenvalue weighted by Gasteiger charge is 2.51. The van der Waals surface area contributed by atoms with E-state index in [1.165, 1.54) is 24.3 Å². The van der Waals surface area contributed by atoms with E-state index in [4.69, 9.17) is 0 Å². The summed E-state index contributed by atoms with van der Waals surface area (Å²) < 4.78 is 67.2. The summed E-state index contributed by atoms with van der Waals surface area (Å²) in [6.45, 7) is 0. The number of benzene rings is 2. The molecule has 0 aliphatic heterocycles. The van der Waals surface area contributed by atoms with Crippen LogP contribution in [0.2, 0.25) is 0 Å². The Labute approximate surface area is 187 Å². The lowest BCUT2D eigenvalue weighted by molar-refractivity contribution is -0.140. The maximum Gasteiger partial charge on any atom is 0.434 e. The molecule has 0 radical (unpaired) electrons. The van der Waals surface area contributed by atoms with Crippen LogP contribution < -0.4 is 5.32 Å². The molecule has 1 aliphatic rings. The summed E-state index contributed by atoms with van der Waals surface area (Å²) in [6.07, 6.45) is -1.89. The van der Waals surface area contributed by atoms with Gasteiger partial charge in [-0.25, -0.2) is 13.8 Å². The van der Waals surface area contributed by atoms with Crippen LogP contribution in [-0.2, 0) is 16.4 Å². The molecular weight excluding hydrogens is 461 g/mol. The van der Waals surface area contributed by atoms with E-state index < -0.39 is 34.8 Å². The van der Waals surface area contributed by atoms with Crippen molar-refractivity contribution < 1.29 is 26.7 Å². The smallest absolute Gasteiger partial charge is 0.325 e. The molecule has 5 rings (SSSR count). The highest BCUT2D eigenvalue weighted by Crippen LogP contribution is 2.49. The summed E-state index contributed by atoms with van der Waals surface area (Å²) in [5.41, 5.74) is -0.868. The molecule has 8 nitrogen and oxygen atoms in total. The average Bonchev–Trinajstić information content (AvgIpc) is 3.20. The Balaban J connectivity index is 1.48. The van der Waals surface area contributed by atoms with Gasteiger partial charge in [0.25, 0.3) is 0 Å². The predicted octanol–water partition coefficient (Wildman–Crippen LogP) is 4.02. The minimum Gasteiger partial charge on any atom is -0.325 e. The number of carbonyl (C=O) groups is 1. The molecule has 13 heteroatoms. The molecule has 0 saturated heterocycles. The number of imidazole rings is 1. The fourth-order valence-electron chi connectivity index (χ4n) is 3.71. The summed E-state index contributed by atoms with van der Waals surface area (Å²) in [4.78, 5) is 16.4. The van der Waals surface area contributed by atoms with E-state index in [9.17, 15) is 26.7 Å². The van der Waals surface area contributed by atoms with E-state index in [2.05, 4.69) is 30.9 Å². The average molecular weight is 475 g/mol. The quantitative estimate of drug-likeness (QED) is 0.425. The van der Waals surface area contributed by atoms with Crippen molar-refractivity contribution in [3.05, 3.63) is 71.8 Å². The van der Waals surface area contributed by atoms with Crippen LogP contribution in [0.15, 0.2) is 48.9 Å². The zero-order valence-corrected chi connectivity index (χ0v) is 17.1. The van der Waals surface area contributed by atoms with Gasteiger partial charge in [-0.05, 0) is 54.0 Å². The van der Waals surface area contributed by atoms with Crippen LogP contribution in [-0.4, -0.2) is 36.1 Å². The number of anilines is 1. The summed E-state index contributed by atoms with van der Waals surface area (Å²) in [7, 11) is 0. The second kappa shape index (κ2) is 7.71. The summed E-state index contributed by atoms with van der Waals surface area (Å²) in [5.74, 6) is -2.39. The van der Waals surface area contributed by atoms with Gasteiger partial charge in [0, 0.05) is 17.4 Å². The molecule has 1 amide bonds. The van der Waals surface area contributed by atoms with E-state index in [-0.39, 0.29) is 17.1 Å². The molecular formula is C21H14F5N7O. The molecule has 0 bridgehead atoms. The Kier molecular flexibility index (Phi) is 4.92. The highest BCUT2D eigenvalue weighted by atomic mass is 19.4. The fraction of sp³-hybridized carbons (Fsp3) is 0.190. The number of aromatic amines is 1. The number of nitrogens with zero attached hydrogens (tertiary/aromatic N) is 5. The van der Waals surface area contributed by atoms with E-state index in [0.29, 0.717) is 24.1 Å². The van der Waals surface area contributed by atoms with Crippen molar-refractivity contribution in [3.63, 3.8) is 0 Å². The minimum atomic E-state index is -4.62. The first kappa shape index (κ1) is 21.7. The third-order valence-corrected chi connectivity index (χ3v) is 5.65. The number of aromatic nitrogens is 6. The van der Waals surface area contributed by atoms with Gasteiger partial charge in [0.1, 0.15) is 0 Å². The molecule has 2 heterocycles. The van der Waals surface area contributed by atoms with Crippen molar-refractivity contribution in [1.82, 2.24) is 30.2 Å². The number of rotatable bonds is 5. The summed E-state index contributed by atoms with van der Waals surface area (Å²) >= 11 is 0. The maximum absolute atomic E-state index is 13.7. The Bertz CT molecular complexity index is 1380.